The van der Waals surface area contributed by atoms with Gasteiger partial charge in [-0.1, -0.05) is 6.07 Å². The number of benzene rings is 1. The Labute approximate surface area is 88.5 Å². The predicted molar refractivity (Wildman–Crippen MR) is 55.3 cm³/mol. The zero-order valence-electron chi connectivity index (χ0n) is 8.35. The fourth-order valence-corrected chi connectivity index (χ4v) is 2.57. The second kappa shape index (κ2) is 4.61. The average molecular weight is 232 g/mol. The van der Waals surface area contributed by atoms with Crippen molar-refractivity contribution in [3.8, 4) is 5.75 Å². The van der Waals surface area contributed by atoms with Crippen LogP contribution in [0.25, 0.3) is 0 Å². The van der Waals surface area contributed by atoms with Gasteiger partial charge in [0.25, 0.3) is 0 Å². The molecule has 0 amide bonds. The van der Waals surface area contributed by atoms with Crippen LogP contribution in [0.1, 0.15) is 13.3 Å². The summed E-state index contributed by atoms with van der Waals surface area (Å²) in [5, 5.41) is 9.12. The van der Waals surface area contributed by atoms with Gasteiger partial charge in [0.2, 0.25) is 0 Å². The van der Waals surface area contributed by atoms with E-state index >= 15 is 0 Å². The first-order chi connectivity index (χ1) is 6.92. The topological polar surface area (TPSA) is 54.4 Å². The first-order valence-electron chi connectivity index (χ1n) is 4.57. The number of alkyl halides is 1. The van der Waals surface area contributed by atoms with Gasteiger partial charge in [-0.15, -0.1) is 0 Å². The number of hydrogen-bond donors (Lipinski definition) is 1. The Morgan fingerprint density at radius 2 is 2.13 bits per heavy atom. The van der Waals surface area contributed by atoms with Gasteiger partial charge in [-0.25, -0.2) is 12.8 Å². The highest BCUT2D eigenvalue weighted by atomic mass is 32.2. The van der Waals surface area contributed by atoms with E-state index in [0.717, 1.165) is 6.07 Å². The molecule has 0 heterocycles. The SMILES string of the molecule is CC(F)CCS(=O)(=O)c1cccc(O)c1. The van der Waals surface area contributed by atoms with E-state index < -0.39 is 16.0 Å². The smallest absolute Gasteiger partial charge is 0.178 e. The van der Waals surface area contributed by atoms with Gasteiger partial charge in [0.05, 0.1) is 16.8 Å². The van der Waals surface area contributed by atoms with Crippen LogP contribution < -0.4 is 0 Å². The van der Waals surface area contributed by atoms with Gasteiger partial charge < -0.3 is 5.11 Å². The molecule has 0 fully saturated rings. The van der Waals surface area contributed by atoms with Crippen molar-refractivity contribution < 1.29 is 17.9 Å². The molecule has 0 saturated heterocycles. The average Bonchev–Trinajstić information content (AvgIpc) is 2.15. The molecule has 0 aliphatic carbocycles. The van der Waals surface area contributed by atoms with Crippen molar-refractivity contribution in [2.24, 2.45) is 0 Å². The highest BCUT2D eigenvalue weighted by molar-refractivity contribution is 7.91. The van der Waals surface area contributed by atoms with Crippen molar-refractivity contribution in [3.63, 3.8) is 0 Å². The Morgan fingerprint density at radius 3 is 2.67 bits per heavy atom. The molecule has 15 heavy (non-hydrogen) atoms. The summed E-state index contributed by atoms with van der Waals surface area (Å²) in [6.45, 7) is 1.32. The maximum Gasteiger partial charge on any atom is 0.178 e. The third-order valence-electron chi connectivity index (χ3n) is 1.96. The number of sulfone groups is 1. The second-order valence-electron chi connectivity index (χ2n) is 3.39. The lowest BCUT2D eigenvalue weighted by molar-refractivity contribution is 0.352. The van der Waals surface area contributed by atoms with E-state index in [1.54, 1.807) is 0 Å². The minimum absolute atomic E-state index is 0.0298. The molecule has 0 aromatic heterocycles. The summed E-state index contributed by atoms with van der Waals surface area (Å²) in [5.74, 6) is -0.349. The van der Waals surface area contributed by atoms with Gasteiger partial charge in [-0.2, -0.15) is 0 Å². The molecule has 1 aromatic rings. The van der Waals surface area contributed by atoms with Crippen molar-refractivity contribution >= 4 is 9.84 Å². The molecule has 1 unspecified atom stereocenters. The first-order valence-corrected chi connectivity index (χ1v) is 6.23. The molecular weight excluding hydrogens is 219 g/mol. The Hall–Kier alpha value is -1.10. The van der Waals surface area contributed by atoms with Gasteiger partial charge in [0, 0.05) is 0 Å². The van der Waals surface area contributed by atoms with Gasteiger partial charge in [-0.3, -0.25) is 0 Å². The van der Waals surface area contributed by atoms with Crippen LogP contribution in [0.4, 0.5) is 4.39 Å². The number of aromatic hydroxyl groups is 1. The van der Waals surface area contributed by atoms with Gasteiger partial charge in [-0.05, 0) is 31.5 Å². The van der Waals surface area contributed by atoms with Crippen LogP contribution in [-0.2, 0) is 9.84 Å². The summed E-state index contributed by atoms with van der Waals surface area (Å²) >= 11 is 0. The van der Waals surface area contributed by atoms with Crippen LogP contribution >= 0.6 is 0 Å². The van der Waals surface area contributed by atoms with E-state index in [4.69, 9.17) is 5.11 Å². The summed E-state index contributed by atoms with van der Waals surface area (Å²) in [7, 11) is -3.48. The van der Waals surface area contributed by atoms with Crippen molar-refractivity contribution in [2.45, 2.75) is 24.4 Å². The molecule has 0 spiro atoms. The molecule has 0 radical (unpaired) electrons. The van der Waals surface area contributed by atoms with Crippen molar-refractivity contribution in [3.05, 3.63) is 24.3 Å². The molecule has 1 N–H and O–H groups in total. The quantitative estimate of drug-likeness (QED) is 0.862. The fraction of sp³-hybridized carbons (Fsp3) is 0.400. The highest BCUT2D eigenvalue weighted by Gasteiger charge is 2.16. The minimum atomic E-state index is -3.48. The van der Waals surface area contributed by atoms with E-state index in [1.807, 2.05) is 0 Å². The number of phenols is 1. The Kier molecular flexibility index (Phi) is 3.68. The molecule has 0 aliphatic rings. The van der Waals surface area contributed by atoms with Crippen molar-refractivity contribution in [1.29, 1.82) is 0 Å². The molecule has 3 nitrogen and oxygen atoms in total. The maximum atomic E-state index is 12.5. The molecule has 0 aliphatic heterocycles. The molecule has 5 heteroatoms. The van der Waals surface area contributed by atoms with Crippen LogP contribution in [0.15, 0.2) is 29.2 Å². The molecule has 1 atom stereocenters. The van der Waals surface area contributed by atoms with Gasteiger partial charge in [0.1, 0.15) is 5.75 Å². The van der Waals surface area contributed by atoms with Crippen LogP contribution in [0.5, 0.6) is 5.75 Å². The van der Waals surface area contributed by atoms with E-state index in [2.05, 4.69) is 0 Å². The van der Waals surface area contributed by atoms with Crippen LogP contribution in [-0.4, -0.2) is 25.4 Å². The highest BCUT2D eigenvalue weighted by Crippen LogP contribution is 2.18. The largest absolute Gasteiger partial charge is 0.508 e. The Balaban J connectivity index is 2.87. The second-order valence-corrected chi connectivity index (χ2v) is 5.49. The van der Waals surface area contributed by atoms with Gasteiger partial charge >= 0.3 is 0 Å². The zero-order chi connectivity index (χ0) is 11.5. The van der Waals surface area contributed by atoms with Crippen LogP contribution in [0.2, 0.25) is 0 Å². The van der Waals surface area contributed by atoms with Crippen LogP contribution in [0.3, 0.4) is 0 Å². The molecular formula is C10H13FO3S. The number of hydrogen-bond acceptors (Lipinski definition) is 3. The summed E-state index contributed by atoms with van der Waals surface area (Å²) in [5.41, 5.74) is 0. The van der Waals surface area contributed by atoms with Crippen molar-refractivity contribution in [1.82, 2.24) is 0 Å². The first kappa shape index (κ1) is 12.0. The van der Waals surface area contributed by atoms with Crippen molar-refractivity contribution in [2.75, 3.05) is 5.75 Å². The molecule has 0 saturated carbocycles. The standard InChI is InChI=1S/C10H13FO3S/c1-8(11)5-6-15(13,14)10-4-2-3-9(12)7-10/h2-4,7-8,12H,5-6H2,1H3. The number of rotatable bonds is 4. The number of halogens is 1. The molecule has 1 aromatic carbocycles. The summed E-state index contributed by atoms with van der Waals surface area (Å²) in [4.78, 5) is 0.0307. The molecule has 0 bridgehead atoms. The van der Waals surface area contributed by atoms with Gasteiger partial charge in [0.15, 0.2) is 9.84 Å². The predicted octanol–water partition coefficient (Wildman–Crippen LogP) is 1.91. The Bertz CT molecular complexity index is 426. The van der Waals surface area contributed by atoms with E-state index in [9.17, 15) is 12.8 Å². The maximum absolute atomic E-state index is 12.5. The zero-order valence-corrected chi connectivity index (χ0v) is 9.17. The van der Waals surface area contributed by atoms with Crippen LogP contribution in [0, 0.1) is 0 Å². The summed E-state index contributed by atoms with van der Waals surface area (Å²) < 4.78 is 35.7. The molecule has 84 valence electrons. The minimum Gasteiger partial charge on any atom is -0.508 e. The number of phenolic OH excluding ortho intramolecular Hbond substituents is 1. The third-order valence-corrected chi connectivity index (χ3v) is 3.71. The molecule has 1 rings (SSSR count). The lowest BCUT2D eigenvalue weighted by atomic mass is 10.3. The fourth-order valence-electron chi connectivity index (χ4n) is 1.11. The third kappa shape index (κ3) is 3.51. The monoisotopic (exact) mass is 232 g/mol. The van der Waals surface area contributed by atoms with E-state index in [1.165, 1.54) is 25.1 Å². The lowest BCUT2D eigenvalue weighted by Gasteiger charge is -2.05. The summed E-state index contributed by atoms with van der Waals surface area (Å²) in [6.07, 6.45) is -1.17. The Morgan fingerprint density at radius 1 is 1.47 bits per heavy atom. The van der Waals surface area contributed by atoms with E-state index in [-0.39, 0.29) is 22.8 Å². The lowest BCUT2D eigenvalue weighted by Crippen LogP contribution is -2.10. The summed E-state index contributed by atoms with van der Waals surface area (Å²) in [6, 6.07) is 5.38. The van der Waals surface area contributed by atoms with E-state index in [0.29, 0.717) is 0 Å². The normalized spacial score (nSPS) is 13.7.